The van der Waals surface area contributed by atoms with E-state index in [2.05, 4.69) is 25.4 Å². The molecule has 3 aromatic heterocycles. The molecule has 4 heterocycles. The van der Waals surface area contributed by atoms with Gasteiger partial charge in [0.15, 0.2) is 11.9 Å². The number of halogens is 1. The smallest absolute Gasteiger partial charge is 0.407 e. The van der Waals surface area contributed by atoms with E-state index in [1.165, 1.54) is 29.3 Å². The first-order valence-electron chi connectivity index (χ1n) is 11.7. The molecule has 3 aromatic rings. The predicted octanol–water partition coefficient (Wildman–Crippen LogP) is 3.66. The summed E-state index contributed by atoms with van der Waals surface area (Å²) in [6.07, 6.45) is 7.26. The zero-order chi connectivity index (χ0) is 25.2. The van der Waals surface area contributed by atoms with Gasteiger partial charge in [0.2, 0.25) is 5.95 Å². The van der Waals surface area contributed by atoms with E-state index < -0.39 is 17.5 Å². The Labute approximate surface area is 202 Å². The Balaban J connectivity index is 1.53. The van der Waals surface area contributed by atoms with Crippen molar-refractivity contribution in [2.45, 2.75) is 71.1 Å². The molecular formula is C24H30FN7O3. The SMILES string of the molecule is C[C@H](CCc1ncc(F)cc1[C@H]1CCCN1c1ncn2ncc(C=O)c2n1)NC(=O)OC(C)(C)C. The van der Waals surface area contributed by atoms with E-state index in [1.807, 2.05) is 32.6 Å². The number of carbonyl (C=O) groups excluding carboxylic acids is 2. The molecule has 0 saturated carbocycles. The number of anilines is 1. The van der Waals surface area contributed by atoms with E-state index in [4.69, 9.17) is 4.74 Å². The van der Waals surface area contributed by atoms with Crippen LogP contribution in [0.4, 0.5) is 15.1 Å². The molecule has 0 aliphatic carbocycles. The average molecular weight is 484 g/mol. The highest BCUT2D eigenvalue weighted by molar-refractivity contribution is 5.83. The number of aryl methyl sites for hydroxylation is 1. The molecule has 0 aromatic carbocycles. The fourth-order valence-electron chi connectivity index (χ4n) is 4.27. The van der Waals surface area contributed by atoms with Gasteiger partial charge in [-0.25, -0.2) is 18.7 Å². The third-order valence-electron chi connectivity index (χ3n) is 5.83. The van der Waals surface area contributed by atoms with Crippen molar-refractivity contribution in [3.8, 4) is 0 Å². The van der Waals surface area contributed by atoms with Gasteiger partial charge in [-0.05, 0) is 65.0 Å². The van der Waals surface area contributed by atoms with Gasteiger partial charge in [0.1, 0.15) is 17.7 Å². The van der Waals surface area contributed by atoms with E-state index in [9.17, 15) is 14.0 Å². The Morgan fingerprint density at radius 1 is 1.34 bits per heavy atom. The normalized spacial score (nSPS) is 16.9. The number of alkyl carbamates (subject to hydrolysis) is 1. The van der Waals surface area contributed by atoms with E-state index in [0.717, 1.165) is 24.1 Å². The van der Waals surface area contributed by atoms with Crippen molar-refractivity contribution in [2.75, 3.05) is 11.4 Å². The van der Waals surface area contributed by atoms with Crippen LogP contribution in [0.15, 0.2) is 24.8 Å². The summed E-state index contributed by atoms with van der Waals surface area (Å²) in [7, 11) is 0. The van der Waals surface area contributed by atoms with Crippen molar-refractivity contribution in [2.24, 2.45) is 0 Å². The predicted molar refractivity (Wildman–Crippen MR) is 127 cm³/mol. The lowest BCUT2D eigenvalue weighted by Crippen LogP contribution is -2.38. The van der Waals surface area contributed by atoms with Gasteiger partial charge in [0.05, 0.1) is 24.0 Å². The highest BCUT2D eigenvalue weighted by Gasteiger charge is 2.31. The van der Waals surface area contributed by atoms with E-state index in [-0.39, 0.29) is 12.1 Å². The summed E-state index contributed by atoms with van der Waals surface area (Å²) in [5, 5.41) is 6.92. The van der Waals surface area contributed by atoms with Crippen LogP contribution in [0.25, 0.3) is 5.65 Å². The van der Waals surface area contributed by atoms with Gasteiger partial charge in [-0.3, -0.25) is 9.78 Å². The third-order valence-corrected chi connectivity index (χ3v) is 5.83. The fraction of sp³-hybridized carbons (Fsp3) is 0.500. The molecule has 1 fully saturated rings. The minimum absolute atomic E-state index is 0.154. The number of nitrogens with zero attached hydrogens (tertiary/aromatic N) is 6. The number of pyridine rings is 1. The Bertz CT molecular complexity index is 1220. The van der Waals surface area contributed by atoms with Crippen LogP contribution in [0.3, 0.4) is 0 Å². The number of rotatable bonds is 7. The monoisotopic (exact) mass is 483 g/mol. The Kier molecular flexibility index (Phi) is 6.95. The van der Waals surface area contributed by atoms with Crippen LogP contribution < -0.4 is 10.2 Å². The maximum absolute atomic E-state index is 14.3. The summed E-state index contributed by atoms with van der Waals surface area (Å²) in [6.45, 7) is 8.03. The van der Waals surface area contributed by atoms with E-state index in [1.54, 1.807) is 0 Å². The molecular weight excluding hydrogens is 453 g/mol. The molecule has 11 heteroatoms. The van der Waals surface area contributed by atoms with E-state index in [0.29, 0.717) is 42.8 Å². The lowest BCUT2D eigenvalue weighted by molar-refractivity contribution is 0.0506. The van der Waals surface area contributed by atoms with Crippen LogP contribution in [-0.4, -0.2) is 55.1 Å². The lowest BCUT2D eigenvalue weighted by atomic mass is 9.98. The van der Waals surface area contributed by atoms with Gasteiger partial charge in [-0.15, -0.1) is 0 Å². The molecule has 4 rings (SSSR count). The van der Waals surface area contributed by atoms with Crippen LogP contribution in [0.1, 0.15) is 74.6 Å². The van der Waals surface area contributed by atoms with Gasteiger partial charge in [-0.2, -0.15) is 10.1 Å². The second kappa shape index (κ2) is 9.93. The van der Waals surface area contributed by atoms with Crippen molar-refractivity contribution in [1.82, 2.24) is 29.9 Å². The standard InChI is InChI=1S/C24H30FN7O3/c1-15(29-23(34)35-24(2,3)4)7-8-19-18(10-17(25)12-26-19)20-6-5-9-31(20)22-27-14-32-21(30-22)16(13-33)11-28-32/h10-15,20H,5-9H2,1-4H3,(H,29,34)/t15-,20-/m1/s1. The average Bonchev–Trinajstić information content (AvgIpc) is 3.43. The number of amides is 1. The second-order valence-corrected chi connectivity index (χ2v) is 9.77. The molecule has 0 unspecified atom stereocenters. The molecule has 186 valence electrons. The number of ether oxygens (including phenoxy) is 1. The third kappa shape index (κ3) is 5.72. The Morgan fingerprint density at radius 2 is 2.14 bits per heavy atom. The Hall–Kier alpha value is -3.63. The second-order valence-electron chi connectivity index (χ2n) is 9.77. The van der Waals surface area contributed by atoms with Gasteiger partial charge in [-0.1, -0.05) is 0 Å². The summed E-state index contributed by atoms with van der Waals surface area (Å²) in [4.78, 5) is 38.8. The molecule has 0 bridgehead atoms. The summed E-state index contributed by atoms with van der Waals surface area (Å²) >= 11 is 0. The van der Waals surface area contributed by atoms with Crippen molar-refractivity contribution in [3.63, 3.8) is 0 Å². The van der Waals surface area contributed by atoms with Crippen LogP contribution in [0.2, 0.25) is 0 Å². The zero-order valence-electron chi connectivity index (χ0n) is 20.4. The molecule has 0 spiro atoms. The first kappa shape index (κ1) is 24.5. The summed E-state index contributed by atoms with van der Waals surface area (Å²) in [6, 6.07) is 1.21. The molecule has 10 nitrogen and oxygen atoms in total. The van der Waals surface area contributed by atoms with Crippen LogP contribution >= 0.6 is 0 Å². The van der Waals surface area contributed by atoms with Crippen molar-refractivity contribution < 1.29 is 18.7 Å². The topological polar surface area (TPSA) is 115 Å². The molecule has 1 saturated heterocycles. The maximum Gasteiger partial charge on any atom is 0.407 e. The molecule has 0 radical (unpaired) electrons. The highest BCUT2D eigenvalue weighted by atomic mass is 19.1. The lowest BCUT2D eigenvalue weighted by Gasteiger charge is -2.27. The van der Waals surface area contributed by atoms with Crippen molar-refractivity contribution in [1.29, 1.82) is 0 Å². The van der Waals surface area contributed by atoms with Gasteiger partial charge in [0, 0.05) is 18.3 Å². The largest absolute Gasteiger partial charge is 0.444 e. The molecule has 1 amide bonds. The van der Waals surface area contributed by atoms with Crippen LogP contribution in [0.5, 0.6) is 0 Å². The molecule has 2 atom stereocenters. The van der Waals surface area contributed by atoms with Gasteiger partial charge in [0.25, 0.3) is 0 Å². The number of hydrogen-bond acceptors (Lipinski definition) is 8. The minimum Gasteiger partial charge on any atom is -0.444 e. The van der Waals surface area contributed by atoms with E-state index >= 15 is 0 Å². The molecule has 1 aliphatic rings. The number of hydrogen-bond donors (Lipinski definition) is 1. The number of aromatic nitrogens is 5. The minimum atomic E-state index is -0.573. The number of aldehydes is 1. The van der Waals surface area contributed by atoms with Crippen molar-refractivity contribution >= 4 is 24.0 Å². The van der Waals surface area contributed by atoms with Crippen LogP contribution in [0, 0.1) is 5.82 Å². The molecule has 35 heavy (non-hydrogen) atoms. The van der Waals surface area contributed by atoms with Gasteiger partial charge >= 0.3 is 6.09 Å². The number of carbonyl (C=O) groups is 2. The maximum atomic E-state index is 14.3. The van der Waals surface area contributed by atoms with Crippen molar-refractivity contribution in [3.05, 3.63) is 47.4 Å². The summed E-state index contributed by atoms with van der Waals surface area (Å²) < 4.78 is 21.1. The Morgan fingerprint density at radius 3 is 2.89 bits per heavy atom. The first-order chi connectivity index (χ1) is 16.6. The quantitative estimate of drug-likeness (QED) is 0.507. The molecule has 1 aliphatic heterocycles. The number of nitrogens with one attached hydrogen (secondary N) is 1. The highest BCUT2D eigenvalue weighted by Crippen LogP contribution is 2.36. The van der Waals surface area contributed by atoms with Gasteiger partial charge < -0.3 is 15.0 Å². The zero-order valence-corrected chi connectivity index (χ0v) is 20.4. The molecule has 1 N–H and O–H groups in total. The first-order valence-corrected chi connectivity index (χ1v) is 11.7. The number of fused-ring (bicyclic) bond motifs is 1. The fourth-order valence-corrected chi connectivity index (χ4v) is 4.27. The summed E-state index contributed by atoms with van der Waals surface area (Å²) in [5.74, 6) is 0.0460. The van der Waals surface area contributed by atoms with Crippen LogP contribution in [-0.2, 0) is 11.2 Å². The summed E-state index contributed by atoms with van der Waals surface area (Å²) in [5.41, 5.74) is 1.77.